The zero-order valence-electron chi connectivity index (χ0n) is 12.2. The summed E-state index contributed by atoms with van der Waals surface area (Å²) in [5, 5.41) is 15.4. The standard InChI is InChI=1S/C15H14FN3O4/c1-8(17-13(20)15(5-6-15)14(21)22)12-18-11(19-23-12)9-3-2-4-10(16)7-9/h2-4,7-8H,5-6H2,1H3,(H,17,20)(H,21,22). The van der Waals surface area contributed by atoms with E-state index >= 15 is 0 Å². The molecule has 3 rings (SSSR count). The lowest BCUT2D eigenvalue weighted by atomic mass is 10.1. The molecule has 0 aliphatic heterocycles. The SMILES string of the molecule is CC(NC(=O)C1(C(=O)O)CC1)c1nc(-c2cccc(F)c2)no1. The van der Waals surface area contributed by atoms with Crippen molar-refractivity contribution >= 4 is 11.9 Å². The Morgan fingerprint density at radius 2 is 2.17 bits per heavy atom. The molecule has 23 heavy (non-hydrogen) atoms. The highest BCUT2D eigenvalue weighted by atomic mass is 19.1. The minimum Gasteiger partial charge on any atom is -0.480 e. The third-order valence-corrected chi connectivity index (χ3v) is 3.84. The number of halogens is 1. The summed E-state index contributed by atoms with van der Waals surface area (Å²) in [6.45, 7) is 1.61. The van der Waals surface area contributed by atoms with E-state index in [1.165, 1.54) is 18.2 Å². The molecule has 1 amide bonds. The topological polar surface area (TPSA) is 105 Å². The van der Waals surface area contributed by atoms with Gasteiger partial charge in [0.1, 0.15) is 17.3 Å². The minimum atomic E-state index is -1.33. The first kappa shape index (κ1) is 15.1. The van der Waals surface area contributed by atoms with Crippen molar-refractivity contribution in [3.63, 3.8) is 0 Å². The van der Waals surface area contributed by atoms with Crippen molar-refractivity contribution in [2.75, 3.05) is 0 Å². The van der Waals surface area contributed by atoms with Gasteiger partial charge in [-0.25, -0.2) is 4.39 Å². The summed E-state index contributed by atoms with van der Waals surface area (Å²) in [7, 11) is 0. The van der Waals surface area contributed by atoms with Crippen LogP contribution in [0.25, 0.3) is 11.4 Å². The Balaban J connectivity index is 1.73. The van der Waals surface area contributed by atoms with Gasteiger partial charge in [-0.3, -0.25) is 9.59 Å². The van der Waals surface area contributed by atoms with Crippen LogP contribution >= 0.6 is 0 Å². The average molecular weight is 319 g/mol. The Morgan fingerprint density at radius 3 is 2.78 bits per heavy atom. The second-order valence-corrected chi connectivity index (χ2v) is 5.55. The zero-order valence-corrected chi connectivity index (χ0v) is 12.2. The van der Waals surface area contributed by atoms with Crippen LogP contribution in [0.3, 0.4) is 0 Å². The van der Waals surface area contributed by atoms with E-state index in [0.29, 0.717) is 18.4 Å². The summed E-state index contributed by atoms with van der Waals surface area (Å²) in [5.41, 5.74) is -0.887. The van der Waals surface area contributed by atoms with Crippen LogP contribution in [0.5, 0.6) is 0 Å². The van der Waals surface area contributed by atoms with Gasteiger partial charge in [0.2, 0.25) is 17.6 Å². The highest BCUT2D eigenvalue weighted by Gasteiger charge is 2.57. The molecular formula is C15H14FN3O4. The molecule has 1 heterocycles. The molecule has 7 nitrogen and oxygen atoms in total. The molecule has 120 valence electrons. The highest BCUT2D eigenvalue weighted by molar-refractivity contribution is 6.04. The predicted molar refractivity (Wildman–Crippen MR) is 75.6 cm³/mol. The normalized spacial score (nSPS) is 16.6. The van der Waals surface area contributed by atoms with Crippen molar-refractivity contribution in [1.82, 2.24) is 15.5 Å². The van der Waals surface area contributed by atoms with Crippen molar-refractivity contribution in [1.29, 1.82) is 0 Å². The zero-order chi connectivity index (χ0) is 16.6. The van der Waals surface area contributed by atoms with E-state index in [4.69, 9.17) is 9.63 Å². The number of rotatable bonds is 5. The predicted octanol–water partition coefficient (Wildman–Crippen LogP) is 1.92. The molecule has 1 fully saturated rings. The van der Waals surface area contributed by atoms with Crippen LogP contribution < -0.4 is 5.32 Å². The van der Waals surface area contributed by atoms with Crippen LogP contribution in [0, 0.1) is 11.2 Å². The number of hydrogen-bond donors (Lipinski definition) is 2. The van der Waals surface area contributed by atoms with Gasteiger partial charge < -0.3 is 14.9 Å². The van der Waals surface area contributed by atoms with Gasteiger partial charge in [-0.2, -0.15) is 4.98 Å². The van der Waals surface area contributed by atoms with Crippen molar-refractivity contribution < 1.29 is 23.6 Å². The Kier molecular flexibility index (Phi) is 3.59. The number of aliphatic carboxylic acids is 1. The highest BCUT2D eigenvalue weighted by Crippen LogP contribution is 2.46. The molecule has 0 bridgehead atoms. The number of hydrogen-bond acceptors (Lipinski definition) is 5. The first-order valence-corrected chi connectivity index (χ1v) is 7.06. The summed E-state index contributed by atoms with van der Waals surface area (Å²) >= 11 is 0. The van der Waals surface area contributed by atoms with Crippen LogP contribution in [0.15, 0.2) is 28.8 Å². The molecular weight excluding hydrogens is 305 g/mol. The van der Waals surface area contributed by atoms with Gasteiger partial charge in [-0.1, -0.05) is 17.3 Å². The number of carbonyl (C=O) groups excluding carboxylic acids is 1. The number of amides is 1. The lowest BCUT2D eigenvalue weighted by Gasteiger charge is -2.13. The summed E-state index contributed by atoms with van der Waals surface area (Å²) in [5.74, 6) is -1.80. The van der Waals surface area contributed by atoms with Crippen LogP contribution in [-0.4, -0.2) is 27.1 Å². The quantitative estimate of drug-likeness (QED) is 0.816. The summed E-state index contributed by atoms with van der Waals surface area (Å²) in [6, 6.07) is 5.07. The molecule has 1 unspecified atom stereocenters. The molecule has 8 heteroatoms. The van der Waals surface area contributed by atoms with Crippen LogP contribution in [0.2, 0.25) is 0 Å². The summed E-state index contributed by atoms with van der Waals surface area (Å²) in [6.07, 6.45) is 0.637. The fraction of sp³-hybridized carbons (Fsp3) is 0.333. The fourth-order valence-electron chi connectivity index (χ4n) is 2.22. The lowest BCUT2D eigenvalue weighted by molar-refractivity contribution is -0.149. The van der Waals surface area contributed by atoms with Crippen LogP contribution in [-0.2, 0) is 9.59 Å². The molecule has 1 aromatic heterocycles. The van der Waals surface area contributed by atoms with E-state index in [0.717, 1.165) is 0 Å². The maximum atomic E-state index is 13.2. The first-order valence-electron chi connectivity index (χ1n) is 7.06. The average Bonchev–Trinajstić information content (AvgIpc) is 3.18. The molecule has 0 saturated heterocycles. The molecule has 2 aromatic rings. The number of benzene rings is 1. The largest absolute Gasteiger partial charge is 0.480 e. The molecule has 1 saturated carbocycles. The molecule has 1 aliphatic carbocycles. The molecule has 1 atom stereocenters. The third kappa shape index (κ3) is 2.79. The number of carbonyl (C=O) groups is 2. The van der Waals surface area contributed by atoms with Crippen molar-refractivity contribution in [3.8, 4) is 11.4 Å². The van der Waals surface area contributed by atoms with Crippen molar-refractivity contribution in [2.24, 2.45) is 5.41 Å². The van der Waals surface area contributed by atoms with E-state index in [1.54, 1.807) is 13.0 Å². The maximum absolute atomic E-state index is 13.2. The fourth-order valence-corrected chi connectivity index (χ4v) is 2.22. The second-order valence-electron chi connectivity index (χ2n) is 5.55. The van der Waals surface area contributed by atoms with Crippen molar-refractivity contribution in [2.45, 2.75) is 25.8 Å². The molecule has 1 aromatic carbocycles. The maximum Gasteiger partial charge on any atom is 0.319 e. The van der Waals surface area contributed by atoms with Crippen LogP contribution in [0.4, 0.5) is 4.39 Å². The van der Waals surface area contributed by atoms with E-state index in [2.05, 4.69) is 15.5 Å². The van der Waals surface area contributed by atoms with Crippen LogP contribution in [0.1, 0.15) is 31.7 Å². The molecule has 0 radical (unpaired) electrons. The van der Waals surface area contributed by atoms with Gasteiger partial charge in [-0.05, 0) is 31.9 Å². The van der Waals surface area contributed by atoms with Gasteiger partial charge in [0.15, 0.2) is 0 Å². The Hall–Kier alpha value is -2.77. The molecule has 2 N–H and O–H groups in total. The van der Waals surface area contributed by atoms with Gasteiger partial charge in [0.25, 0.3) is 0 Å². The van der Waals surface area contributed by atoms with Gasteiger partial charge in [0, 0.05) is 5.56 Å². The number of carboxylic acids is 1. The number of nitrogens with zero attached hydrogens (tertiary/aromatic N) is 2. The Labute approximate surface area is 130 Å². The molecule has 1 aliphatic rings. The van der Waals surface area contributed by atoms with E-state index < -0.39 is 29.2 Å². The molecule has 0 spiro atoms. The smallest absolute Gasteiger partial charge is 0.319 e. The Bertz CT molecular complexity index is 770. The number of carboxylic acid groups (broad SMARTS) is 1. The van der Waals surface area contributed by atoms with Gasteiger partial charge >= 0.3 is 5.97 Å². The third-order valence-electron chi connectivity index (χ3n) is 3.84. The minimum absolute atomic E-state index is 0.124. The van der Waals surface area contributed by atoms with E-state index in [-0.39, 0.29) is 11.7 Å². The first-order chi connectivity index (χ1) is 10.9. The number of nitrogens with one attached hydrogen (secondary N) is 1. The van der Waals surface area contributed by atoms with Gasteiger partial charge in [0.05, 0.1) is 0 Å². The summed E-state index contributed by atoms with van der Waals surface area (Å²) in [4.78, 5) is 27.3. The second kappa shape index (κ2) is 5.45. The lowest BCUT2D eigenvalue weighted by Crippen LogP contribution is -2.38. The number of aromatic nitrogens is 2. The monoisotopic (exact) mass is 319 g/mol. The summed E-state index contributed by atoms with van der Waals surface area (Å²) < 4.78 is 18.3. The van der Waals surface area contributed by atoms with E-state index in [9.17, 15) is 14.0 Å². The van der Waals surface area contributed by atoms with E-state index in [1.807, 2.05) is 0 Å². The Morgan fingerprint density at radius 1 is 1.43 bits per heavy atom. The van der Waals surface area contributed by atoms with Gasteiger partial charge in [-0.15, -0.1) is 0 Å². The van der Waals surface area contributed by atoms with Crippen molar-refractivity contribution in [3.05, 3.63) is 36.0 Å².